The monoisotopic (exact) mass is 295 g/mol. The lowest BCUT2D eigenvalue weighted by Gasteiger charge is -2.19. The molecule has 1 rings (SSSR count). The van der Waals surface area contributed by atoms with Gasteiger partial charge in [0, 0.05) is 11.1 Å². The molecule has 0 heterocycles. The van der Waals surface area contributed by atoms with E-state index in [0.29, 0.717) is 10.6 Å². The van der Waals surface area contributed by atoms with Gasteiger partial charge in [-0.25, -0.2) is 0 Å². The normalized spacial score (nSPS) is 13.1. The molecule has 0 aliphatic carbocycles. The molecule has 0 amide bonds. The van der Waals surface area contributed by atoms with Crippen molar-refractivity contribution in [2.75, 3.05) is 13.7 Å². The van der Waals surface area contributed by atoms with Gasteiger partial charge in [-0.15, -0.1) is 0 Å². The Morgan fingerprint density at radius 3 is 2.68 bits per heavy atom. The van der Waals surface area contributed by atoms with Crippen molar-refractivity contribution >= 4 is 17.6 Å². The van der Waals surface area contributed by atoms with E-state index in [-0.39, 0.29) is 6.42 Å². The van der Waals surface area contributed by atoms with E-state index in [1.54, 1.807) is 18.2 Å². The molecule has 0 saturated heterocycles. The summed E-state index contributed by atoms with van der Waals surface area (Å²) in [6.45, 7) is -1.19. The number of carbonyl (C=O) groups excluding carboxylic acids is 1. The Morgan fingerprint density at radius 2 is 2.16 bits per heavy atom. The first-order valence-corrected chi connectivity index (χ1v) is 5.82. The third-order valence-electron chi connectivity index (χ3n) is 2.40. The average Bonchev–Trinajstić information content (AvgIpc) is 2.33. The van der Waals surface area contributed by atoms with Gasteiger partial charge in [0.05, 0.1) is 20.1 Å². The van der Waals surface area contributed by atoms with Crippen LogP contribution in [-0.4, -0.2) is 25.8 Å². The molecule has 0 aromatic heterocycles. The topological polar surface area (TPSA) is 38.3 Å². The second kappa shape index (κ2) is 6.77. The molecule has 0 aliphatic rings. The fourth-order valence-corrected chi connectivity index (χ4v) is 1.72. The van der Waals surface area contributed by atoms with Crippen LogP contribution in [0.2, 0.25) is 5.02 Å². The second-order valence-electron chi connectivity index (χ2n) is 3.88. The smallest absolute Gasteiger partial charge is 0.401 e. The van der Waals surface area contributed by atoms with E-state index in [2.05, 4.69) is 10.1 Å². The Kier molecular flexibility index (Phi) is 5.62. The van der Waals surface area contributed by atoms with E-state index in [0.717, 1.165) is 0 Å². The fraction of sp³-hybridized carbons (Fsp3) is 0.417. The van der Waals surface area contributed by atoms with E-state index < -0.39 is 24.7 Å². The van der Waals surface area contributed by atoms with Crippen molar-refractivity contribution in [3.05, 3.63) is 34.9 Å². The fourth-order valence-electron chi connectivity index (χ4n) is 1.52. The van der Waals surface area contributed by atoms with E-state index >= 15 is 0 Å². The SMILES string of the molecule is COC(=O)CC(NCC(F)(F)F)c1cccc(Cl)c1. The third-order valence-corrected chi connectivity index (χ3v) is 2.63. The van der Waals surface area contributed by atoms with Crippen molar-refractivity contribution < 1.29 is 22.7 Å². The van der Waals surface area contributed by atoms with Crippen LogP contribution in [0.5, 0.6) is 0 Å². The molecule has 1 aromatic rings. The first kappa shape index (κ1) is 15.8. The Bertz CT molecular complexity index is 437. The van der Waals surface area contributed by atoms with Gasteiger partial charge in [0.2, 0.25) is 0 Å². The van der Waals surface area contributed by atoms with Crippen molar-refractivity contribution in [3.63, 3.8) is 0 Å². The minimum atomic E-state index is -4.35. The number of esters is 1. The summed E-state index contributed by atoms with van der Waals surface area (Å²) in [5.41, 5.74) is 0.502. The summed E-state index contributed by atoms with van der Waals surface area (Å²) in [5.74, 6) is -0.598. The maximum atomic E-state index is 12.2. The standard InChI is InChI=1S/C12H13ClF3NO2/c1-19-11(18)6-10(17-7-12(14,15)16)8-3-2-4-9(13)5-8/h2-5,10,17H,6-7H2,1H3. The van der Waals surface area contributed by atoms with Gasteiger partial charge in [-0.1, -0.05) is 23.7 Å². The first-order chi connectivity index (χ1) is 8.81. The summed E-state index contributed by atoms with van der Waals surface area (Å²) in [5, 5.41) is 2.67. The Hall–Kier alpha value is -1.27. The summed E-state index contributed by atoms with van der Waals surface area (Å²) >= 11 is 5.78. The minimum Gasteiger partial charge on any atom is -0.469 e. The highest BCUT2D eigenvalue weighted by Crippen LogP contribution is 2.23. The van der Waals surface area contributed by atoms with Crippen LogP contribution in [0.4, 0.5) is 13.2 Å². The van der Waals surface area contributed by atoms with Crippen LogP contribution in [0, 0.1) is 0 Å². The Labute approximate surface area is 113 Å². The molecule has 0 fully saturated rings. The van der Waals surface area contributed by atoms with Crippen LogP contribution in [-0.2, 0) is 9.53 Å². The molecule has 0 spiro atoms. The number of methoxy groups -OCH3 is 1. The molecule has 1 atom stereocenters. The molecular formula is C12H13ClF3NO2. The van der Waals surface area contributed by atoms with Crippen molar-refractivity contribution in [2.45, 2.75) is 18.6 Å². The number of carbonyl (C=O) groups is 1. The summed E-state index contributed by atoms with van der Waals surface area (Å²) in [6, 6.07) is 5.52. The lowest BCUT2D eigenvalue weighted by Crippen LogP contribution is -2.33. The molecule has 3 nitrogen and oxygen atoms in total. The van der Waals surface area contributed by atoms with Gasteiger partial charge in [-0.2, -0.15) is 13.2 Å². The highest BCUT2D eigenvalue weighted by Gasteiger charge is 2.29. The highest BCUT2D eigenvalue weighted by molar-refractivity contribution is 6.30. The van der Waals surface area contributed by atoms with E-state index in [9.17, 15) is 18.0 Å². The van der Waals surface area contributed by atoms with Crippen molar-refractivity contribution in [2.24, 2.45) is 0 Å². The van der Waals surface area contributed by atoms with Crippen molar-refractivity contribution in [1.82, 2.24) is 5.32 Å². The van der Waals surface area contributed by atoms with Crippen LogP contribution in [0.3, 0.4) is 0 Å². The van der Waals surface area contributed by atoms with Crippen LogP contribution in [0.15, 0.2) is 24.3 Å². The molecule has 7 heteroatoms. The van der Waals surface area contributed by atoms with Crippen LogP contribution < -0.4 is 5.32 Å². The Morgan fingerprint density at radius 1 is 1.47 bits per heavy atom. The minimum absolute atomic E-state index is 0.201. The molecule has 0 saturated carbocycles. The van der Waals surface area contributed by atoms with Gasteiger partial charge < -0.3 is 10.1 Å². The highest BCUT2D eigenvalue weighted by atomic mass is 35.5. The van der Waals surface area contributed by atoms with Crippen LogP contribution in [0.1, 0.15) is 18.0 Å². The molecule has 0 bridgehead atoms. The summed E-state index contributed by atoms with van der Waals surface area (Å²) < 4.78 is 41.1. The number of hydrogen-bond acceptors (Lipinski definition) is 3. The summed E-state index contributed by atoms with van der Waals surface area (Å²) in [6.07, 6.45) is -4.56. The summed E-state index contributed by atoms with van der Waals surface area (Å²) in [4.78, 5) is 11.2. The van der Waals surface area contributed by atoms with Gasteiger partial charge in [0.1, 0.15) is 0 Å². The number of ether oxygens (including phenoxy) is 1. The van der Waals surface area contributed by atoms with Crippen molar-refractivity contribution in [3.8, 4) is 0 Å². The number of benzene rings is 1. The molecule has 1 aromatic carbocycles. The molecule has 1 unspecified atom stereocenters. The Balaban J connectivity index is 2.82. The predicted molar refractivity (Wildman–Crippen MR) is 64.9 cm³/mol. The zero-order valence-corrected chi connectivity index (χ0v) is 10.9. The van der Waals surface area contributed by atoms with Gasteiger partial charge in [-0.3, -0.25) is 4.79 Å². The van der Waals surface area contributed by atoms with E-state index in [1.807, 2.05) is 0 Å². The molecule has 106 valence electrons. The van der Waals surface area contributed by atoms with Crippen molar-refractivity contribution in [1.29, 1.82) is 0 Å². The van der Waals surface area contributed by atoms with Crippen LogP contribution >= 0.6 is 11.6 Å². The van der Waals surface area contributed by atoms with Gasteiger partial charge >= 0.3 is 12.1 Å². The first-order valence-electron chi connectivity index (χ1n) is 5.44. The summed E-state index contributed by atoms with van der Waals surface area (Å²) in [7, 11) is 1.18. The number of rotatable bonds is 5. The van der Waals surface area contributed by atoms with Gasteiger partial charge in [0.15, 0.2) is 0 Å². The molecule has 0 aliphatic heterocycles. The molecule has 0 radical (unpaired) electrons. The maximum absolute atomic E-state index is 12.2. The largest absolute Gasteiger partial charge is 0.469 e. The quantitative estimate of drug-likeness (QED) is 0.848. The number of alkyl halides is 3. The zero-order chi connectivity index (χ0) is 14.5. The zero-order valence-electron chi connectivity index (χ0n) is 10.1. The van der Waals surface area contributed by atoms with Gasteiger partial charge in [0.25, 0.3) is 0 Å². The lowest BCUT2D eigenvalue weighted by molar-refractivity contribution is -0.143. The molecule has 1 N–H and O–H groups in total. The van der Waals surface area contributed by atoms with Gasteiger partial charge in [-0.05, 0) is 17.7 Å². The average molecular weight is 296 g/mol. The number of nitrogens with one attached hydrogen (secondary N) is 1. The lowest BCUT2D eigenvalue weighted by atomic mass is 10.0. The van der Waals surface area contributed by atoms with E-state index in [4.69, 9.17) is 11.6 Å². The molecule has 19 heavy (non-hydrogen) atoms. The third kappa shape index (κ3) is 5.94. The maximum Gasteiger partial charge on any atom is 0.401 e. The van der Waals surface area contributed by atoms with Crippen LogP contribution in [0.25, 0.3) is 0 Å². The predicted octanol–water partition coefficient (Wildman–Crippen LogP) is 3.10. The number of hydrogen-bond donors (Lipinski definition) is 1. The van der Waals surface area contributed by atoms with E-state index in [1.165, 1.54) is 13.2 Å². The molecular weight excluding hydrogens is 283 g/mol. The second-order valence-corrected chi connectivity index (χ2v) is 4.32. The number of halogens is 4.